The lowest BCUT2D eigenvalue weighted by atomic mass is 9.94. The molecule has 1 N–H and O–H groups in total. The minimum absolute atomic E-state index is 0.0581. The number of nitrogens with zero attached hydrogens (tertiary/aromatic N) is 2. The summed E-state index contributed by atoms with van der Waals surface area (Å²) >= 11 is 0. The third kappa shape index (κ3) is 4.48. The molecule has 7 heteroatoms. The van der Waals surface area contributed by atoms with Gasteiger partial charge in [0.05, 0.1) is 18.2 Å². The van der Waals surface area contributed by atoms with Crippen LogP contribution >= 0.6 is 0 Å². The summed E-state index contributed by atoms with van der Waals surface area (Å²) < 4.78 is 20.5. The van der Waals surface area contributed by atoms with E-state index < -0.39 is 23.5 Å². The predicted octanol–water partition coefficient (Wildman–Crippen LogP) is 4.63. The van der Waals surface area contributed by atoms with Crippen molar-refractivity contribution in [3.8, 4) is 5.75 Å². The van der Waals surface area contributed by atoms with Gasteiger partial charge in [0.25, 0.3) is 11.7 Å². The maximum absolute atomic E-state index is 14.9. The fourth-order valence-electron chi connectivity index (χ4n) is 3.86. The minimum Gasteiger partial charge on any atom is -0.507 e. The van der Waals surface area contributed by atoms with Crippen LogP contribution in [0, 0.1) is 5.82 Å². The molecular weight excluding hydrogens is 423 g/mol. The number of aliphatic hydroxyl groups is 1. The van der Waals surface area contributed by atoms with Crippen molar-refractivity contribution in [2.45, 2.75) is 25.9 Å². The molecule has 0 aliphatic carbocycles. The van der Waals surface area contributed by atoms with E-state index in [1.807, 2.05) is 6.92 Å². The second-order valence-electron chi connectivity index (χ2n) is 7.68. The average Bonchev–Trinajstić information content (AvgIpc) is 3.08. The number of ether oxygens (including phenoxy) is 1. The molecule has 33 heavy (non-hydrogen) atoms. The third-order valence-electron chi connectivity index (χ3n) is 5.42. The lowest BCUT2D eigenvalue weighted by molar-refractivity contribution is -0.140. The molecule has 6 nitrogen and oxygen atoms in total. The zero-order valence-corrected chi connectivity index (χ0v) is 18.1. The molecule has 4 rings (SSSR count). The summed E-state index contributed by atoms with van der Waals surface area (Å²) in [6.07, 6.45) is 3.96. The highest BCUT2D eigenvalue weighted by Crippen LogP contribution is 2.41. The summed E-state index contributed by atoms with van der Waals surface area (Å²) in [6, 6.07) is 14.9. The van der Waals surface area contributed by atoms with Gasteiger partial charge in [-0.05, 0) is 42.3 Å². The number of ketones is 1. The molecule has 0 saturated carbocycles. The largest absolute Gasteiger partial charge is 0.507 e. The second kappa shape index (κ2) is 9.65. The number of benzene rings is 2. The van der Waals surface area contributed by atoms with Gasteiger partial charge in [-0.2, -0.15) is 0 Å². The lowest BCUT2D eigenvalue weighted by Crippen LogP contribution is -2.29. The fraction of sp³-hybridized carbons (Fsp3) is 0.192. The van der Waals surface area contributed by atoms with Crippen molar-refractivity contribution in [3.63, 3.8) is 0 Å². The number of Topliss-reactive ketones (excluding diaryl/α,β-unsaturated/α-hetero) is 1. The highest BCUT2D eigenvalue weighted by atomic mass is 19.1. The molecule has 1 unspecified atom stereocenters. The zero-order valence-electron chi connectivity index (χ0n) is 18.1. The smallest absolute Gasteiger partial charge is 0.295 e. The van der Waals surface area contributed by atoms with Crippen molar-refractivity contribution in [1.29, 1.82) is 0 Å². The molecular formula is C26H23FN2O4. The Morgan fingerprint density at radius 1 is 1.09 bits per heavy atom. The Labute approximate surface area is 191 Å². The summed E-state index contributed by atoms with van der Waals surface area (Å²) in [6.45, 7) is 2.53. The van der Waals surface area contributed by atoms with Crippen LogP contribution < -0.4 is 4.74 Å². The summed E-state index contributed by atoms with van der Waals surface area (Å²) in [4.78, 5) is 31.4. The van der Waals surface area contributed by atoms with Crippen LogP contribution in [-0.4, -0.2) is 33.3 Å². The summed E-state index contributed by atoms with van der Waals surface area (Å²) in [7, 11) is 0. The van der Waals surface area contributed by atoms with Gasteiger partial charge < -0.3 is 14.7 Å². The number of hydrogen-bond acceptors (Lipinski definition) is 5. The van der Waals surface area contributed by atoms with E-state index in [0.717, 1.165) is 12.0 Å². The number of aromatic nitrogens is 1. The molecule has 0 radical (unpaired) electrons. The van der Waals surface area contributed by atoms with E-state index in [0.29, 0.717) is 17.9 Å². The molecule has 168 valence electrons. The Hall–Kier alpha value is -4.00. The number of rotatable bonds is 7. The van der Waals surface area contributed by atoms with Crippen LogP contribution in [-0.2, 0) is 16.1 Å². The van der Waals surface area contributed by atoms with Crippen molar-refractivity contribution in [1.82, 2.24) is 9.88 Å². The van der Waals surface area contributed by atoms with Gasteiger partial charge >= 0.3 is 0 Å². The number of carbonyl (C=O) groups is 2. The molecule has 3 aromatic rings. The van der Waals surface area contributed by atoms with Gasteiger partial charge in [0.15, 0.2) is 0 Å². The maximum Gasteiger partial charge on any atom is 0.295 e. The Bertz CT molecular complexity index is 1210. The van der Waals surface area contributed by atoms with Gasteiger partial charge in [-0.3, -0.25) is 14.6 Å². The van der Waals surface area contributed by atoms with Gasteiger partial charge in [0.1, 0.15) is 17.3 Å². The molecule has 2 aromatic carbocycles. The Morgan fingerprint density at radius 2 is 1.85 bits per heavy atom. The number of hydrogen-bond donors (Lipinski definition) is 1. The molecule has 1 fully saturated rings. The fourth-order valence-corrected chi connectivity index (χ4v) is 3.86. The Balaban J connectivity index is 1.84. The summed E-state index contributed by atoms with van der Waals surface area (Å²) in [5.41, 5.74) is 1.01. The van der Waals surface area contributed by atoms with Crippen LogP contribution in [0.3, 0.4) is 0 Å². The van der Waals surface area contributed by atoms with E-state index in [4.69, 9.17) is 4.74 Å². The number of carbonyl (C=O) groups excluding carboxylic acids is 2. The lowest BCUT2D eigenvalue weighted by Gasteiger charge is -2.25. The SMILES string of the molecule is CCCOc1cccc(/C(O)=C2/C(=O)C(=O)N(Cc3ccncc3)C2c2ccccc2F)c1. The molecule has 2 heterocycles. The summed E-state index contributed by atoms with van der Waals surface area (Å²) in [5.74, 6) is -2.10. The molecule has 1 atom stereocenters. The summed E-state index contributed by atoms with van der Waals surface area (Å²) in [5, 5.41) is 11.2. The molecule has 1 amide bonds. The molecule has 1 aliphatic rings. The standard InChI is InChI=1S/C26H23FN2O4/c1-2-14-33-19-7-5-6-18(15-19)24(30)22-23(20-8-3-4-9-21(20)27)29(26(32)25(22)31)16-17-10-12-28-13-11-17/h3-13,15,23,30H,2,14,16H2,1H3/b24-22-. The van der Waals surface area contributed by atoms with E-state index in [9.17, 15) is 19.1 Å². The second-order valence-corrected chi connectivity index (χ2v) is 7.68. The Morgan fingerprint density at radius 3 is 2.58 bits per heavy atom. The van der Waals surface area contributed by atoms with Crippen LogP contribution in [0.25, 0.3) is 5.76 Å². The number of likely N-dealkylation sites (tertiary alicyclic amines) is 1. The molecule has 1 saturated heterocycles. The molecule has 0 bridgehead atoms. The van der Waals surface area contributed by atoms with Gasteiger partial charge in [-0.1, -0.05) is 37.3 Å². The van der Waals surface area contributed by atoms with Crippen molar-refractivity contribution in [2.75, 3.05) is 6.61 Å². The van der Waals surface area contributed by atoms with Gasteiger partial charge in [-0.25, -0.2) is 4.39 Å². The van der Waals surface area contributed by atoms with E-state index in [1.165, 1.54) is 23.1 Å². The maximum atomic E-state index is 14.9. The molecule has 1 aliphatic heterocycles. The first kappa shape index (κ1) is 22.2. The zero-order chi connectivity index (χ0) is 23.4. The van der Waals surface area contributed by atoms with E-state index in [2.05, 4.69) is 4.98 Å². The van der Waals surface area contributed by atoms with Crippen LogP contribution in [0.4, 0.5) is 4.39 Å². The van der Waals surface area contributed by atoms with Crippen LogP contribution in [0.1, 0.15) is 36.1 Å². The van der Waals surface area contributed by atoms with Gasteiger partial charge in [0.2, 0.25) is 0 Å². The first-order valence-corrected chi connectivity index (χ1v) is 10.7. The quantitative estimate of drug-likeness (QED) is 0.325. The molecule has 1 aromatic heterocycles. The first-order chi connectivity index (χ1) is 16.0. The van der Waals surface area contributed by atoms with Crippen LogP contribution in [0.2, 0.25) is 0 Å². The number of aliphatic hydroxyl groups excluding tert-OH is 1. The Kier molecular flexibility index (Phi) is 6.49. The van der Waals surface area contributed by atoms with Crippen molar-refractivity contribution >= 4 is 17.4 Å². The number of halogens is 1. The van der Waals surface area contributed by atoms with E-state index >= 15 is 0 Å². The van der Waals surface area contributed by atoms with E-state index in [-0.39, 0.29) is 23.4 Å². The van der Waals surface area contributed by atoms with Crippen LogP contribution in [0.15, 0.2) is 78.6 Å². The average molecular weight is 446 g/mol. The van der Waals surface area contributed by atoms with Gasteiger partial charge in [-0.15, -0.1) is 0 Å². The minimum atomic E-state index is -1.08. The van der Waals surface area contributed by atoms with Crippen LogP contribution in [0.5, 0.6) is 5.75 Å². The number of amides is 1. The third-order valence-corrected chi connectivity index (χ3v) is 5.42. The highest BCUT2D eigenvalue weighted by molar-refractivity contribution is 6.46. The van der Waals surface area contributed by atoms with Crippen molar-refractivity contribution < 1.29 is 23.8 Å². The van der Waals surface area contributed by atoms with E-state index in [1.54, 1.807) is 54.9 Å². The predicted molar refractivity (Wildman–Crippen MR) is 121 cm³/mol. The first-order valence-electron chi connectivity index (χ1n) is 10.7. The van der Waals surface area contributed by atoms with Crippen molar-refractivity contribution in [2.24, 2.45) is 0 Å². The monoisotopic (exact) mass is 446 g/mol. The van der Waals surface area contributed by atoms with Gasteiger partial charge in [0, 0.05) is 30.1 Å². The topological polar surface area (TPSA) is 79.7 Å². The van der Waals surface area contributed by atoms with Crippen molar-refractivity contribution in [3.05, 3.63) is 101 Å². The normalized spacial score (nSPS) is 17.4. The molecule has 0 spiro atoms. The highest BCUT2D eigenvalue weighted by Gasteiger charge is 2.46. The number of pyridine rings is 1.